The number of amides is 1. The molecular weight excluding hydrogens is 376 g/mol. The summed E-state index contributed by atoms with van der Waals surface area (Å²) in [7, 11) is 0. The number of nitrogens with one attached hydrogen (secondary N) is 1. The van der Waals surface area contributed by atoms with Gasteiger partial charge in [0, 0.05) is 11.6 Å². The first-order valence-corrected chi connectivity index (χ1v) is 9.78. The molecule has 2 aliphatic rings. The molecule has 0 saturated carbocycles. The smallest absolute Gasteiger partial charge is 0.264 e. The molecule has 1 N–H and O–H groups in total. The maximum atomic E-state index is 12.4. The van der Waals surface area contributed by atoms with Gasteiger partial charge in [0.05, 0.1) is 17.2 Å². The monoisotopic (exact) mass is 396 g/mol. The van der Waals surface area contributed by atoms with E-state index in [0.717, 1.165) is 16.8 Å². The molecule has 144 valence electrons. The minimum atomic E-state index is -0.186. The number of benzene rings is 2. The third-order valence-corrected chi connectivity index (χ3v) is 5.23. The van der Waals surface area contributed by atoms with Crippen LogP contribution in [0.2, 0.25) is 0 Å². The number of aliphatic imine (C=N–C) groups is 1. The van der Waals surface area contributed by atoms with Crippen LogP contribution in [0.3, 0.4) is 0 Å². The molecule has 0 radical (unpaired) electrons. The molecule has 0 aromatic heterocycles. The Morgan fingerprint density at radius 2 is 2.00 bits per heavy atom. The van der Waals surface area contributed by atoms with Crippen molar-refractivity contribution in [1.82, 2.24) is 5.32 Å². The fourth-order valence-electron chi connectivity index (χ4n) is 2.99. The Hall–Kier alpha value is -2.93. The zero-order chi connectivity index (χ0) is 19.7. The summed E-state index contributed by atoms with van der Waals surface area (Å²) >= 11 is 1.30. The highest BCUT2D eigenvalue weighted by Crippen LogP contribution is 2.40. The van der Waals surface area contributed by atoms with E-state index in [0.29, 0.717) is 33.9 Å². The summed E-state index contributed by atoms with van der Waals surface area (Å²) < 4.78 is 16.6. The SMILES string of the molecule is CCOc1cc2c(cc1/C=C1\SC(=Nc3ccc(C)cc3C)NC1=O)OCO2. The maximum absolute atomic E-state index is 12.4. The Kier molecular flexibility index (Phi) is 5.00. The van der Waals surface area contributed by atoms with Gasteiger partial charge in [0.2, 0.25) is 6.79 Å². The predicted octanol–water partition coefficient (Wildman–Crippen LogP) is 4.32. The predicted molar refractivity (Wildman–Crippen MR) is 110 cm³/mol. The van der Waals surface area contributed by atoms with E-state index in [1.807, 2.05) is 39.0 Å². The lowest BCUT2D eigenvalue weighted by molar-refractivity contribution is -0.115. The summed E-state index contributed by atoms with van der Waals surface area (Å²) in [4.78, 5) is 17.6. The van der Waals surface area contributed by atoms with Crippen LogP contribution in [0, 0.1) is 13.8 Å². The van der Waals surface area contributed by atoms with Crippen molar-refractivity contribution < 1.29 is 19.0 Å². The molecule has 1 saturated heterocycles. The summed E-state index contributed by atoms with van der Waals surface area (Å²) in [5.41, 5.74) is 3.84. The van der Waals surface area contributed by atoms with E-state index < -0.39 is 0 Å². The summed E-state index contributed by atoms with van der Waals surface area (Å²) in [5, 5.41) is 3.38. The van der Waals surface area contributed by atoms with Crippen molar-refractivity contribution in [3.05, 3.63) is 51.9 Å². The van der Waals surface area contributed by atoms with Crippen LogP contribution in [-0.2, 0) is 4.79 Å². The lowest BCUT2D eigenvalue weighted by Crippen LogP contribution is -2.19. The Labute approximate surface area is 167 Å². The summed E-state index contributed by atoms with van der Waals surface area (Å²) in [6, 6.07) is 9.65. The summed E-state index contributed by atoms with van der Waals surface area (Å²) in [6.07, 6.45) is 1.79. The second-order valence-electron chi connectivity index (χ2n) is 6.45. The van der Waals surface area contributed by atoms with Gasteiger partial charge in [-0.1, -0.05) is 17.7 Å². The molecular formula is C21H20N2O4S. The molecule has 4 rings (SSSR count). The average molecular weight is 396 g/mol. The van der Waals surface area contributed by atoms with Gasteiger partial charge in [-0.3, -0.25) is 4.79 Å². The number of thioether (sulfide) groups is 1. The Balaban J connectivity index is 1.64. The zero-order valence-electron chi connectivity index (χ0n) is 15.9. The molecule has 2 heterocycles. The molecule has 2 aliphatic heterocycles. The number of carbonyl (C=O) groups excluding carboxylic acids is 1. The van der Waals surface area contributed by atoms with Gasteiger partial charge in [0.25, 0.3) is 5.91 Å². The first kappa shape index (κ1) is 18.4. The van der Waals surface area contributed by atoms with E-state index in [1.165, 1.54) is 17.3 Å². The van der Waals surface area contributed by atoms with Crippen molar-refractivity contribution in [1.29, 1.82) is 0 Å². The second-order valence-corrected chi connectivity index (χ2v) is 7.48. The van der Waals surface area contributed by atoms with Gasteiger partial charge in [-0.25, -0.2) is 4.99 Å². The van der Waals surface area contributed by atoms with Crippen molar-refractivity contribution >= 4 is 34.6 Å². The van der Waals surface area contributed by atoms with Crippen molar-refractivity contribution in [2.45, 2.75) is 20.8 Å². The fourth-order valence-corrected chi connectivity index (χ4v) is 3.82. The lowest BCUT2D eigenvalue weighted by atomic mass is 10.1. The number of hydrogen-bond acceptors (Lipinski definition) is 6. The van der Waals surface area contributed by atoms with Crippen LogP contribution in [0.1, 0.15) is 23.6 Å². The third kappa shape index (κ3) is 3.71. The molecule has 0 aliphatic carbocycles. The van der Waals surface area contributed by atoms with Crippen LogP contribution in [-0.4, -0.2) is 24.5 Å². The number of fused-ring (bicyclic) bond motifs is 1. The molecule has 28 heavy (non-hydrogen) atoms. The molecule has 1 amide bonds. The summed E-state index contributed by atoms with van der Waals surface area (Å²) in [5.74, 6) is 1.75. The second kappa shape index (κ2) is 7.59. The van der Waals surface area contributed by atoms with Crippen molar-refractivity contribution in [2.24, 2.45) is 4.99 Å². The zero-order valence-corrected chi connectivity index (χ0v) is 16.7. The van der Waals surface area contributed by atoms with Crippen LogP contribution in [0.25, 0.3) is 6.08 Å². The van der Waals surface area contributed by atoms with Crippen molar-refractivity contribution in [3.63, 3.8) is 0 Å². The molecule has 6 nitrogen and oxygen atoms in total. The molecule has 2 aromatic carbocycles. The molecule has 0 unspecified atom stereocenters. The largest absolute Gasteiger partial charge is 0.493 e. The van der Waals surface area contributed by atoms with Crippen LogP contribution >= 0.6 is 11.8 Å². The van der Waals surface area contributed by atoms with Gasteiger partial charge in [-0.15, -0.1) is 0 Å². The highest BCUT2D eigenvalue weighted by molar-refractivity contribution is 8.18. The third-order valence-electron chi connectivity index (χ3n) is 4.32. The fraction of sp³-hybridized carbons (Fsp3) is 0.238. The highest BCUT2D eigenvalue weighted by Gasteiger charge is 2.25. The van der Waals surface area contributed by atoms with E-state index in [4.69, 9.17) is 14.2 Å². The van der Waals surface area contributed by atoms with Crippen LogP contribution < -0.4 is 19.5 Å². The lowest BCUT2D eigenvalue weighted by Gasteiger charge is -2.09. The Bertz CT molecular complexity index is 1010. The number of nitrogens with zero attached hydrogens (tertiary/aromatic N) is 1. The number of aryl methyl sites for hydroxylation is 2. The number of hydrogen-bond donors (Lipinski definition) is 1. The summed E-state index contributed by atoms with van der Waals surface area (Å²) in [6.45, 7) is 6.65. The normalized spacial score (nSPS) is 18.0. The Morgan fingerprint density at radius 3 is 2.75 bits per heavy atom. The van der Waals surface area contributed by atoms with Crippen LogP contribution in [0.4, 0.5) is 5.69 Å². The van der Waals surface area contributed by atoms with E-state index in [1.54, 1.807) is 12.1 Å². The number of ether oxygens (including phenoxy) is 3. The van der Waals surface area contributed by atoms with E-state index in [2.05, 4.69) is 16.4 Å². The average Bonchev–Trinajstić information content (AvgIpc) is 3.24. The topological polar surface area (TPSA) is 69.2 Å². The molecule has 0 spiro atoms. The van der Waals surface area contributed by atoms with Gasteiger partial charge in [0.15, 0.2) is 16.7 Å². The highest BCUT2D eigenvalue weighted by atomic mass is 32.2. The van der Waals surface area contributed by atoms with Crippen LogP contribution in [0.5, 0.6) is 17.2 Å². The first-order valence-electron chi connectivity index (χ1n) is 8.97. The molecule has 7 heteroatoms. The van der Waals surface area contributed by atoms with Gasteiger partial charge in [-0.05, 0) is 56.3 Å². The van der Waals surface area contributed by atoms with Gasteiger partial charge in [-0.2, -0.15) is 0 Å². The quantitative estimate of drug-likeness (QED) is 0.780. The van der Waals surface area contributed by atoms with E-state index in [9.17, 15) is 4.79 Å². The van der Waals surface area contributed by atoms with E-state index in [-0.39, 0.29) is 12.7 Å². The Morgan fingerprint density at radius 1 is 1.21 bits per heavy atom. The molecule has 2 aromatic rings. The number of rotatable bonds is 4. The van der Waals surface area contributed by atoms with Crippen molar-refractivity contribution in [2.75, 3.05) is 13.4 Å². The standard InChI is InChI=1S/C21H20N2O4S/c1-4-25-16-10-18-17(26-11-27-18)8-14(16)9-19-20(24)23-21(28-19)22-15-6-5-12(2)7-13(15)3/h5-10H,4,11H2,1-3H3,(H,22,23,24)/b19-9-. The molecule has 1 fully saturated rings. The van der Waals surface area contributed by atoms with E-state index >= 15 is 0 Å². The number of carbonyl (C=O) groups is 1. The molecule has 0 bridgehead atoms. The minimum Gasteiger partial charge on any atom is -0.493 e. The first-order chi connectivity index (χ1) is 13.5. The van der Waals surface area contributed by atoms with Crippen LogP contribution in [0.15, 0.2) is 40.2 Å². The molecule has 0 atom stereocenters. The van der Waals surface area contributed by atoms with Gasteiger partial charge in [0.1, 0.15) is 5.75 Å². The van der Waals surface area contributed by atoms with Gasteiger partial charge >= 0.3 is 0 Å². The van der Waals surface area contributed by atoms with Gasteiger partial charge < -0.3 is 19.5 Å². The number of amidine groups is 1. The maximum Gasteiger partial charge on any atom is 0.264 e. The minimum absolute atomic E-state index is 0.183. The van der Waals surface area contributed by atoms with Crippen molar-refractivity contribution in [3.8, 4) is 17.2 Å².